The molecule has 9 heteroatoms. The quantitative estimate of drug-likeness (QED) is 0.352. The number of allylic oxidation sites excluding steroid dienone is 1. The van der Waals surface area contributed by atoms with Gasteiger partial charge in [-0.3, -0.25) is 19.9 Å². The molecule has 1 aliphatic heterocycles. The van der Waals surface area contributed by atoms with Crippen molar-refractivity contribution in [1.29, 1.82) is 5.26 Å². The number of non-ortho nitro benzene ring substituents is 1. The first-order valence-corrected chi connectivity index (χ1v) is 7.08. The highest BCUT2D eigenvalue weighted by atomic mass is 16.6. The third kappa shape index (κ3) is 3.53. The predicted molar refractivity (Wildman–Crippen MR) is 84.2 cm³/mol. The van der Waals surface area contributed by atoms with E-state index in [2.05, 4.69) is 9.73 Å². The van der Waals surface area contributed by atoms with Gasteiger partial charge < -0.3 is 9.47 Å². The maximum atomic E-state index is 12.2. The number of rotatable bonds is 4. The molecule has 9 nitrogen and oxygen atoms in total. The van der Waals surface area contributed by atoms with Crippen LogP contribution in [0.1, 0.15) is 18.4 Å². The van der Waals surface area contributed by atoms with E-state index in [9.17, 15) is 19.7 Å². The third-order valence-electron chi connectivity index (χ3n) is 3.76. The summed E-state index contributed by atoms with van der Waals surface area (Å²) in [5.41, 5.74) is 0.353. The van der Waals surface area contributed by atoms with Crippen LogP contribution in [0.5, 0.6) is 0 Å². The number of nitro benzene ring substituents is 1. The number of hydrogen-bond acceptors (Lipinski definition) is 8. The van der Waals surface area contributed by atoms with Gasteiger partial charge in [0, 0.05) is 30.0 Å². The van der Waals surface area contributed by atoms with Crippen molar-refractivity contribution < 1.29 is 24.0 Å². The Morgan fingerprint density at radius 1 is 1.40 bits per heavy atom. The number of ether oxygens (including phenoxy) is 2. The van der Waals surface area contributed by atoms with Gasteiger partial charge in [0.25, 0.3) is 11.9 Å². The van der Waals surface area contributed by atoms with Crippen molar-refractivity contribution >= 4 is 23.8 Å². The highest BCUT2D eigenvalue weighted by molar-refractivity contribution is 6.00. The molecule has 0 fully saturated rings. The van der Waals surface area contributed by atoms with E-state index in [0.29, 0.717) is 5.56 Å². The summed E-state index contributed by atoms with van der Waals surface area (Å²) in [6.45, 7) is 1.52. The Balaban J connectivity index is 2.63. The number of carbonyl (C=O) groups excluding carboxylic acids is 2. The summed E-state index contributed by atoms with van der Waals surface area (Å²) in [6, 6.07) is 5.53. The van der Waals surface area contributed by atoms with Crippen LogP contribution in [0.3, 0.4) is 0 Å². The second-order valence-electron chi connectivity index (χ2n) is 5.14. The lowest BCUT2D eigenvalue weighted by Crippen LogP contribution is -2.32. The van der Waals surface area contributed by atoms with E-state index in [0.717, 1.165) is 0 Å². The number of nitro groups is 1. The molecule has 1 aromatic rings. The van der Waals surface area contributed by atoms with Crippen LogP contribution in [0.4, 0.5) is 5.69 Å². The first-order valence-electron chi connectivity index (χ1n) is 7.08. The van der Waals surface area contributed by atoms with Crippen molar-refractivity contribution in [2.45, 2.75) is 12.8 Å². The van der Waals surface area contributed by atoms with Crippen LogP contribution < -0.4 is 0 Å². The molecule has 1 aromatic carbocycles. The largest absolute Gasteiger partial charge is 0.468 e. The molecule has 0 radical (unpaired) electrons. The summed E-state index contributed by atoms with van der Waals surface area (Å²) in [4.78, 5) is 38.8. The van der Waals surface area contributed by atoms with Gasteiger partial charge in [0.15, 0.2) is 0 Å². The van der Waals surface area contributed by atoms with Crippen molar-refractivity contribution in [2.24, 2.45) is 10.9 Å². The van der Waals surface area contributed by atoms with E-state index in [1.807, 2.05) is 0 Å². The highest BCUT2D eigenvalue weighted by Crippen LogP contribution is 2.38. The van der Waals surface area contributed by atoms with Gasteiger partial charge >= 0.3 is 11.9 Å². The standard InChI is InChI=1S/C16H13N3O6/c1-9-13(16(21)25-8-17)14(12(7-18-9)15(20)24-2)10-4-3-5-11(6-10)19(22)23/h3-7,12,14H,1-2H3. The Kier molecular flexibility index (Phi) is 5.24. The minimum atomic E-state index is -0.989. The third-order valence-corrected chi connectivity index (χ3v) is 3.76. The van der Waals surface area contributed by atoms with Gasteiger partial charge in [0.2, 0.25) is 0 Å². The number of methoxy groups -OCH3 is 1. The Hall–Kier alpha value is -3.54. The van der Waals surface area contributed by atoms with Gasteiger partial charge in [0.05, 0.1) is 17.6 Å². The van der Waals surface area contributed by atoms with Gasteiger partial charge in [-0.2, -0.15) is 0 Å². The number of esters is 2. The molecule has 0 aromatic heterocycles. The van der Waals surface area contributed by atoms with Crippen molar-refractivity contribution in [3.8, 4) is 6.26 Å². The molecule has 0 aliphatic carbocycles. The molecular formula is C16H13N3O6. The molecule has 1 heterocycles. The van der Waals surface area contributed by atoms with E-state index in [4.69, 9.17) is 10.00 Å². The maximum Gasteiger partial charge on any atom is 0.351 e. The monoisotopic (exact) mass is 343 g/mol. The lowest BCUT2D eigenvalue weighted by molar-refractivity contribution is -0.384. The topological polar surface area (TPSA) is 132 Å². The summed E-state index contributed by atoms with van der Waals surface area (Å²) in [6.07, 6.45) is 2.60. The molecule has 0 spiro atoms. The molecule has 0 N–H and O–H groups in total. The fourth-order valence-corrected chi connectivity index (χ4v) is 2.66. The van der Waals surface area contributed by atoms with Crippen LogP contribution in [-0.4, -0.2) is 30.2 Å². The number of hydrogen-bond donors (Lipinski definition) is 0. The summed E-state index contributed by atoms with van der Waals surface area (Å²) < 4.78 is 9.13. The van der Waals surface area contributed by atoms with E-state index in [1.54, 1.807) is 6.07 Å². The van der Waals surface area contributed by atoms with E-state index < -0.39 is 28.7 Å². The average molecular weight is 343 g/mol. The first-order chi connectivity index (χ1) is 11.9. The van der Waals surface area contributed by atoms with Gasteiger partial charge in [0.1, 0.15) is 5.92 Å². The molecule has 128 valence electrons. The zero-order valence-corrected chi connectivity index (χ0v) is 13.3. The number of nitrogens with zero attached hydrogens (tertiary/aromatic N) is 3. The van der Waals surface area contributed by atoms with Crippen molar-refractivity contribution in [1.82, 2.24) is 0 Å². The lowest BCUT2D eigenvalue weighted by atomic mass is 9.78. The molecule has 25 heavy (non-hydrogen) atoms. The Labute approximate surface area is 142 Å². The second kappa shape index (κ2) is 7.35. The minimum absolute atomic E-state index is 0.0278. The van der Waals surface area contributed by atoms with Gasteiger partial charge in [-0.25, -0.2) is 4.79 Å². The summed E-state index contributed by atoms with van der Waals surface area (Å²) in [5.74, 6) is -3.56. The molecule has 0 bridgehead atoms. The summed E-state index contributed by atoms with van der Waals surface area (Å²) >= 11 is 0. The summed E-state index contributed by atoms with van der Waals surface area (Å²) in [7, 11) is 1.18. The van der Waals surface area contributed by atoms with Crippen LogP contribution in [0.25, 0.3) is 0 Å². The lowest BCUT2D eigenvalue weighted by Gasteiger charge is -2.27. The number of benzene rings is 1. The SMILES string of the molecule is COC(=O)C1C=NC(C)=C(C(=O)OC#N)C1c1cccc([N+](=O)[O-])c1. The van der Waals surface area contributed by atoms with Gasteiger partial charge in [-0.15, -0.1) is 5.26 Å². The fourth-order valence-electron chi connectivity index (χ4n) is 2.66. The van der Waals surface area contributed by atoms with Crippen LogP contribution in [-0.2, 0) is 19.1 Å². The van der Waals surface area contributed by atoms with Gasteiger partial charge in [-0.05, 0) is 12.5 Å². The average Bonchev–Trinajstić information content (AvgIpc) is 2.60. The predicted octanol–water partition coefficient (Wildman–Crippen LogP) is 1.85. The minimum Gasteiger partial charge on any atom is -0.468 e. The normalized spacial score (nSPS) is 19.1. The van der Waals surface area contributed by atoms with Crippen molar-refractivity contribution in [3.05, 3.63) is 51.2 Å². The molecule has 1 aliphatic rings. The second-order valence-corrected chi connectivity index (χ2v) is 5.14. The zero-order valence-electron chi connectivity index (χ0n) is 13.3. The van der Waals surface area contributed by atoms with Crippen molar-refractivity contribution in [2.75, 3.05) is 7.11 Å². The Morgan fingerprint density at radius 3 is 2.72 bits per heavy atom. The van der Waals surface area contributed by atoms with Crippen LogP contribution in [0, 0.1) is 27.5 Å². The van der Waals surface area contributed by atoms with Crippen LogP contribution >= 0.6 is 0 Å². The van der Waals surface area contributed by atoms with Gasteiger partial charge in [-0.1, -0.05) is 12.1 Å². The summed E-state index contributed by atoms with van der Waals surface area (Å²) in [5, 5.41) is 19.6. The molecular weight excluding hydrogens is 330 g/mol. The highest BCUT2D eigenvalue weighted by Gasteiger charge is 2.39. The van der Waals surface area contributed by atoms with E-state index >= 15 is 0 Å². The van der Waals surface area contributed by atoms with E-state index in [-0.39, 0.29) is 17.0 Å². The van der Waals surface area contributed by atoms with E-state index in [1.165, 1.54) is 44.7 Å². The molecule has 2 unspecified atom stereocenters. The maximum absolute atomic E-state index is 12.2. The van der Waals surface area contributed by atoms with Crippen molar-refractivity contribution in [3.63, 3.8) is 0 Å². The first kappa shape index (κ1) is 17.8. The van der Waals surface area contributed by atoms with Crippen LogP contribution in [0.15, 0.2) is 40.5 Å². The van der Waals surface area contributed by atoms with Crippen LogP contribution in [0.2, 0.25) is 0 Å². The number of carbonyl (C=O) groups is 2. The molecule has 0 saturated heterocycles. The smallest absolute Gasteiger partial charge is 0.351 e. The molecule has 2 atom stereocenters. The molecule has 2 rings (SSSR count). The number of nitriles is 1. The molecule has 0 amide bonds. The molecule has 0 saturated carbocycles. The Morgan fingerprint density at radius 2 is 2.12 bits per heavy atom. The fraction of sp³-hybridized carbons (Fsp3) is 0.250. The number of aliphatic imine (C=N–C) groups is 1. The zero-order chi connectivity index (χ0) is 18.6. The Bertz CT molecular complexity index is 837.